The Balaban J connectivity index is 1.23. The minimum atomic E-state index is -0.00695. The lowest BCUT2D eigenvalue weighted by Gasteiger charge is -2.38. The third kappa shape index (κ3) is 4.86. The summed E-state index contributed by atoms with van der Waals surface area (Å²) in [6, 6.07) is 30.8. The number of fused-ring (bicyclic) bond motifs is 1. The lowest BCUT2D eigenvalue weighted by atomic mass is 9.90. The van der Waals surface area contributed by atoms with Gasteiger partial charge in [-0.05, 0) is 37.1 Å². The number of hydrogen-bond acceptors (Lipinski definition) is 5. The number of rotatable bonds is 6. The molecule has 1 saturated heterocycles. The van der Waals surface area contributed by atoms with Crippen LogP contribution in [0.3, 0.4) is 0 Å². The average Bonchev–Trinajstić information content (AvgIpc) is 2.91. The van der Waals surface area contributed by atoms with Gasteiger partial charge in [-0.15, -0.1) is 0 Å². The third-order valence-electron chi connectivity index (χ3n) is 7.20. The molecular weight excluding hydrogens is 418 g/mol. The number of aliphatic imine (C=N–C) groups is 1. The van der Waals surface area contributed by atoms with Crippen LogP contribution in [0.2, 0.25) is 0 Å². The highest BCUT2D eigenvalue weighted by atomic mass is 15.3. The minimum Gasteiger partial charge on any atom is -0.353 e. The van der Waals surface area contributed by atoms with Crippen molar-refractivity contribution in [1.29, 1.82) is 0 Å². The van der Waals surface area contributed by atoms with Gasteiger partial charge >= 0.3 is 0 Å². The maximum Gasteiger partial charge on any atom is 0.200 e. The molecule has 1 fully saturated rings. The third-order valence-corrected chi connectivity index (χ3v) is 7.20. The van der Waals surface area contributed by atoms with E-state index in [0.717, 1.165) is 38.4 Å². The van der Waals surface area contributed by atoms with Gasteiger partial charge in [0, 0.05) is 44.2 Å². The van der Waals surface area contributed by atoms with Gasteiger partial charge in [-0.2, -0.15) is 0 Å². The second-order valence-electron chi connectivity index (χ2n) is 9.35. The molecule has 2 aliphatic heterocycles. The Bertz CT molecular complexity index is 1050. The van der Waals surface area contributed by atoms with Gasteiger partial charge in [0.2, 0.25) is 0 Å². The van der Waals surface area contributed by atoms with Crippen LogP contribution in [0.1, 0.15) is 41.6 Å². The molecule has 176 valence electrons. The molecule has 0 amide bonds. The van der Waals surface area contributed by atoms with E-state index in [0.29, 0.717) is 12.0 Å². The quantitative estimate of drug-likeness (QED) is 0.573. The van der Waals surface area contributed by atoms with Crippen LogP contribution in [0.5, 0.6) is 0 Å². The van der Waals surface area contributed by atoms with E-state index < -0.39 is 0 Å². The fourth-order valence-electron chi connectivity index (χ4n) is 5.25. The summed E-state index contributed by atoms with van der Waals surface area (Å²) in [5, 5.41) is 7.10. The predicted molar refractivity (Wildman–Crippen MR) is 141 cm³/mol. The van der Waals surface area contributed by atoms with E-state index in [9.17, 15) is 0 Å². The highest BCUT2D eigenvalue weighted by molar-refractivity contribution is 5.98. The van der Waals surface area contributed by atoms with E-state index in [4.69, 9.17) is 4.99 Å². The monoisotopic (exact) mass is 453 g/mol. The first-order chi connectivity index (χ1) is 16.7. The molecule has 0 spiro atoms. The summed E-state index contributed by atoms with van der Waals surface area (Å²) >= 11 is 0. The molecule has 0 bridgehead atoms. The van der Waals surface area contributed by atoms with Crippen molar-refractivity contribution in [3.63, 3.8) is 0 Å². The molecule has 0 aromatic heterocycles. The zero-order valence-corrected chi connectivity index (χ0v) is 20.2. The minimum absolute atomic E-state index is 0.00695. The number of guanidine groups is 1. The topological polar surface area (TPSA) is 42.9 Å². The number of para-hydroxylation sites is 1. The SMILES string of the molecule is CNC1N=C(NC2CCN(CC(c3ccccc3)c3ccccc3)CC2)N(C)c2ccccc21. The van der Waals surface area contributed by atoms with Crippen molar-refractivity contribution in [2.75, 3.05) is 38.6 Å². The highest BCUT2D eigenvalue weighted by Gasteiger charge is 2.28. The molecule has 0 saturated carbocycles. The second kappa shape index (κ2) is 10.4. The molecule has 1 atom stereocenters. The number of hydrogen-bond donors (Lipinski definition) is 2. The zero-order chi connectivity index (χ0) is 23.3. The normalized spacial score (nSPS) is 19.1. The highest BCUT2D eigenvalue weighted by Crippen LogP contribution is 2.31. The first-order valence-corrected chi connectivity index (χ1v) is 12.4. The van der Waals surface area contributed by atoms with E-state index in [1.54, 1.807) is 0 Å². The van der Waals surface area contributed by atoms with Crippen molar-refractivity contribution in [3.8, 4) is 0 Å². The smallest absolute Gasteiger partial charge is 0.200 e. The standard InChI is InChI=1S/C29H35N5/c1-30-28-25-15-9-10-16-27(25)33(2)29(32-28)31-24-17-19-34(20-18-24)21-26(22-11-5-3-6-12-22)23-13-7-4-8-14-23/h3-16,24,26,28,30H,17-21H2,1-2H3,(H,31,32). The van der Waals surface area contributed by atoms with E-state index in [-0.39, 0.29) is 6.17 Å². The van der Waals surface area contributed by atoms with Gasteiger partial charge in [0.1, 0.15) is 6.17 Å². The molecule has 0 aliphatic carbocycles. The molecule has 5 nitrogen and oxygen atoms in total. The molecular formula is C29H35N5. The summed E-state index contributed by atoms with van der Waals surface area (Å²) in [7, 11) is 4.08. The van der Waals surface area contributed by atoms with Crippen LogP contribution in [-0.2, 0) is 0 Å². The number of piperidine rings is 1. The maximum absolute atomic E-state index is 4.97. The van der Waals surface area contributed by atoms with Gasteiger partial charge in [0.25, 0.3) is 0 Å². The molecule has 3 aromatic carbocycles. The predicted octanol–water partition coefficient (Wildman–Crippen LogP) is 4.60. The molecule has 0 radical (unpaired) electrons. The van der Waals surface area contributed by atoms with Crippen LogP contribution in [0.15, 0.2) is 89.9 Å². The van der Waals surface area contributed by atoms with Gasteiger partial charge in [-0.25, -0.2) is 4.99 Å². The maximum atomic E-state index is 4.97. The van der Waals surface area contributed by atoms with Gasteiger partial charge < -0.3 is 15.1 Å². The Hall–Kier alpha value is -3.15. The molecule has 5 rings (SSSR count). The molecule has 5 heteroatoms. The number of benzene rings is 3. The van der Waals surface area contributed by atoms with Crippen molar-refractivity contribution in [2.45, 2.75) is 31.0 Å². The van der Waals surface area contributed by atoms with Crippen molar-refractivity contribution < 1.29 is 0 Å². The molecule has 34 heavy (non-hydrogen) atoms. The van der Waals surface area contributed by atoms with Crippen LogP contribution < -0.4 is 15.5 Å². The van der Waals surface area contributed by atoms with Crippen LogP contribution in [-0.4, -0.2) is 50.6 Å². The van der Waals surface area contributed by atoms with E-state index in [1.165, 1.54) is 22.4 Å². The van der Waals surface area contributed by atoms with Crippen LogP contribution in [0, 0.1) is 0 Å². The number of anilines is 1. The average molecular weight is 454 g/mol. The molecule has 2 heterocycles. The van der Waals surface area contributed by atoms with Gasteiger partial charge in [0.15, 0.2) is 5.96 Å². The van der Waals surface area contributed by atoms with E-state index in [1.807, 2.05) is 7.05 Å². The molecule has 1 unspecified atom stereocenters. The molecule has 3 aromatic rings. The van der Waals surface area contributed by atoms with E-state index >= 15 is 0 Å². The van der Waals surface area contributed by atoms with Crippen LogP contribution in [0.4, 0.5) is 5.69 Å². The second-order valence-corrected chi connectivity index (χ2v) is 9.35. The van der Waals surface area contributed by atoms with Crippen molar-refractivity contribution in [2.24, 2.45) is 4.99 Å². The zero-order valence-electron chi connectivity index (χ0n) is 20.2. The number of nitrogens with zero attached hydrogens (tertiary/aromatic N) is 3. The van der Waals surface area contributed by atoms with E-state index in [2.05, 4.69) is 112 Å². The Kier molecular flexibility index (Phi) is 6.93. The van der Waals surface area contributed by atoms with Crippen LogP contribution >= 0.6 is 0 Å². The Morgan fingerprint density at radius 2 is 1.44 bits per heavy atom. The van der Waals surface area contributed by atoms with Gasteiger partial charge in [0.05, 0.1) is 5.69 Å². The lowest BCUT2D eigenvalue weighted by molar-refractivity contribution is 0.201. The molecule has 2 N–H and O–H groups in total. The lowest BCUT2D eigenvalue weighted by Crippen LogP contribution is -2.51. The summed E-state index contributed by atoms with van der Waals surface area (Å²) in [6.07, 6.45) is 2.23. The fourth-order valence-corrected chi connectivity index (χ4v) is 5.25. The Morgan fingerprint density at radius 3 is 2.06 bits per heavy atom. The van der Waals surface area contributed by atoms with Gasteiger partial charge in [-0.1, -0.05) is 78.9 Å². The first kappa shape index (κ1) is 22.6. The number of nitrogens with one attached hydrogen (secondary N) is 2. The van der Waals surface area contributed by atoms with Crippen LogP contribution in [0.25, 0.3) is 0 Å². The van der Waals surface area contributed by atoms with Crippen molar-refractivity contribution >= 4 is 11.6 Å². The summed E-state index contributed by atoms with van der Waals surface area (Å²) < 4.78 is 0. The van der Waals surface area contributed by atoms with Crippen molar-refractivity contribution in [3.05, 3.63) is 102 Å². The Morgan fingerprint density at radius 1 is 0.853 bits per heavy atom. The van der Waals surface area contributed by atoms with Crippen molar-refractivity contribution in [1.82, 2.24) is 15.5 Å². The number of likely N-dealkylation sites (tertiary alicyclic amines) is 1. The van der Waals surface area contributed by atoms with Gasteiger partial charge in [-0.3, -0.25) is 5.32 Å². The summed E-state index contributed by atoms with van der Waals surface area (Å²) in [5.74, 6) is 1.36. The summed E-state index contributed by atoms with van der Waals surface area (Å²) in [4.78, 5) is 9.79. The summed E-state index contributed by atoms with van der Waals surface area (Å²) in [5.41, 5.74) is 5.22. The largest absolute Gasteiger partial charge is 0.353 e. The first-order valence-electron chi connectivity index (χ1n) is 12.4. The Labute approximate surface area is 203 Å². The molecule has 2 aliphatic rings. The fraction of sp³-hybridized carbons (Fsp3) is 0.345. The summed E-state index contributed by atoms with van der Waals surface area (Å²) in [6.45, 7) is 3.24.